The SMILES string of the molecule is Cc1noc(C)c1S(=O)(=O)N1CCN(C(=O)c2cccc3c2OCO3)CC1. The quantitative estimate of drug-likeness (QED) is 0.771. The van der Waals surface area contributed by atoms with Crippen molar-refractivity contribution in [3.8, 4) is 11.5 Å². The zero-order chi connectivity index (χ0) is 19.2. The Morgan fingerprint density at radius 1 is 1.11 bits per heavy atom. The van der Waals surface area contributed by atoms with Gasteiger partial charge in [-0.3, -0.25) is 4.79 Å². The second kappa shape index (κ2) is 6.54. The Morgan fingerprint density at radius 2 is 1.85 bits per heavy atom. The number of benzene rings is 1. The van der Waals surface area contributed by atoms with E-state index in [1.807, 2.05) is 0 Å². The number of carbonyl (C=O) groups is 1. The molecule has 9 nitrogen and oxygen atoms in total. The first-order chi connectivity index (χ1) is 12.9. The third-order valence-electron chi connectivity index (χ3n) is 4.72. The highest BCUT2D eigenvalue weighted by Crippen LogP contribution is 2.36. The minimum atomic E-state index is -3.71. The average Bonchev–Trinajstić information content (AvgIpc) is 3.27. The number of ether oxygens (including phenoxy) is 2. The molecule has 0 aliphatic carbocycles. The zero-order valence-corrected chi connectivity index (χ0v) is 15.8. The number of para-hydroxylation sites is 1. The van der Waals surface area contributed by atoms with E-state index in [-0.39, 0.29) is 49.5 Å². The summed E-state index contributed by atoms with van der Waals surface area (Å²) in [6.07, 6.45) is 0. The molecule has 1 amide bonds. The molecule has 4 rings (SSSR count). The van der Waals surface area contributed by atoms with Crippen LogP contribution in [0.15, 0.2) is 27.6 Å². The summed E-state index contributed by atoms with van der Waals surface area (Å²) in [4.78, 5) is 14.6. The first-order valence-corrected chi connectivity index (χ1v) is 9.94. The fraction of sp³-hybridized carbons (Fsp3) is 0.412. The number of hydrogen-bond donors (Lipinski definition) is 0. The van der Waals surface area contributed by atoms with Gasteiger partial charge in [0.15, 0.2) is 17.3 Å². The van der Waals surface area contributed by atoms with Gasteiger partial charge in [-0.1, -0.05) is 11.2 Å². The lowest BCUT2D eigenvalue weighted by molar-refractivity contribution is 0.0693. The minimum absolute atomic E-state index is 0.0864. The van der Waals surface area contributed by atoms with E-state index in [0.29, 0.717) is 22.8 Å². The smallest absolute Gasteiger partial charge is 0.257 e. The largest absolute Gasteiger partial charge is 0.454 e. The second-order valence-electron chi connectivity index (χ2n) is 6.39. The van der Waals surface area contributed by atoms with Crippen LogP contribution in [-0.4, -0.2) is 61.7 Å². The monoisotopic (exact) mass is 393 g/mol. The molecule has 0 saturated carbocycles. The molecule has 0 N–H and O–H groups in total. The lowest BCUT2D eigenvalue weighted by atomic mass is 10.1. The molecule has 0 radical (unpaired) electrons. The molecule has 0 unspecified atom stereocenters. The number of hydrogen-bond acceptors (Lipinski definition) is 7. The number of piperazine rings is 1. The molecule has 3 heterocycles. The van der Waals surface area contributed by atoms with Gasteiger partial charge in [-0.05, 0) is 26.0 Å². The predicted octanol–water partition coefficient (Wildman–Crippen LogP) is 1.17. The van der Waals surface area contributed by atoms with Crippen molar-refractivity contribution in [3.05, 3.63) is 35.2 Å². The third kappa shape index (κ3) is 2.94. The van der Waals surface area contributed by atoms with Gasteiger partial charge in [-0.15, -0.1) is 0 Å². The predicted molar refractivity (Wildman–Crippen MR) is 93.2 cm³/mol. The maximum Gasteiger partial charge on any atom is 0.257 e. The summed E-state index contributed by atoms with van der Waals surface area (Å²) in [6.45, 7) is 4.22. The van der Waals surface area contributed by atoms with Gasteiger partial charge in [0, 0.05) is 26.2 Å². The summed E-state index contributed by atoms with van der Waals surface area (Å²) in [5.41, 5.74) is 0.759. The van der Waals surface area contributed by atoms with E-state index in [9.17, 15) is 13.2 Å². The number of carbonyl (C=O) groups excluding carboxylic acids is 1. The molecule has 1 saturated heterocycles. The maximum absolute atomic E-state index is 12.9. The van der Waals surface area contributed by atoms with E-state index in [2.05, 4.69) is 5.16 Å². The van der Waals surface area contributed by atoms with E-state index in [1.54, 1.807) is 36.9 Å². The lowest BCUT2D eigenvalue weighted by Gasteiger charge is -2.34. The van der Waals surface area contributed by atoms with Crippen molar-refractivity contribution < 1.29 is 27.2 Å². The molecule has 2 aliphatic rings. The van der Waals surface area contributed by atoms with Crippen LogP contribution in [-0.2, 0) is 10.0 Å². The Hall–Kier alpha value is -2.59. The van der Waals surface area contributed by atoms with E-state index in [4.69, 9.17) is 14.0 Å². The summed E-state index contributed by atoms with van der Waals surface area (Å²) in [5.74, 6) is 1.04. The van der Waals surface area contributed by atoms with Crippen LogP contribution in [0.1, 0.15) is 21.8 Å². The molecule has 1 aromatic carbocycles. The molecule has 1 aromatic heterocycles. The van der Waals surface area contributed by atoms with Crippen LogP contribution in [0.3, 0.4) is 0 Å². The molecular formula is C17H19N3O6S. The third-order valence-corrected chi connectivity index (χ3v) is 6.86. The van der Waals surface area contributed by atoms with Gasteiger partial charge in [0.05, 0.1) is 5.56 Å². The minimum Gasteiger partial charge on any atom is -0.454 e. The van der Waals surface area contributed by atoms with Gasteiger partial charge in [0.25, 0.3) is 5.91 Å². The number of sulfonamides is 1. The zero-order valence-electron chi connectivity index (χ0n) is 15.0. The van der Waals surface area contributed by atoms with Crippen LogP contribution in [0.4, 0.5) is 0 Å². The number of fused-ring (bicyclic) bond motifs is 1. The van der Waals surface area contributed by atoms with E-state index >= 15 is 0 Å². The van der Waals surface area contributed by atoms with Crippen LogP contribution in [0.25, 0.3) is 0 Å². The fourth-order valence-corrected chi connectivity index (χ4v) is 5.09. The first-order valence-electron chi connectivity index (χ1n) is 8.50. The van der Waals surface area contributed by atoms with Crippen molar-refractivity contribution in [3.63, 3.8) is 0 Å². The number of nitrogens with zero attached hydrogens (tertiary/aromatic N) is 3. The summed E-state index contributed by atoms with van der Waals surface area (Å²) in [5, 5.41) is 3.72. The van der Waals surface area contributed by atoms with Crippen LogP contribution in [0, 0.1) is 13.8 Å². The Kier molecular flexibility index (Phi) is 4.31. The summed E-state index contributed by atoms with van der Waals surface area (Å²) in [7, 11) is -3.71. The normalized spacial score (nSPS) is 17.3. The molecular weight excluding hydrogens is 374 g/mol. The molecule has 27 heavy (non-hydrogen) atoms. The topological polar surface area (TPSA) is 102 Å². The molecule has 0 bridgehead atoms. The van der Waals surface area contributed by atoms with Crippen molar-refractivity contribution in [1.29, 1.82) is 0 Å². The number of amides is 1. The van der Waals surface area contributed by atoms with Gasteiger partial charge < -0.3 is 18.9 Å². The molecule has 1 fully saturated rings. The van der Waals surface area contributed by atoms with Gasteiger partial charge >= 0.3 is 0 Å². The number of aryl methyl sites for hydroxylation is 2. The van der Waals surface area contributed by atoms with E-state index < -0.39 is 10.0 Å². The summed E-state index contributed by atoms with van der Waals surface area (Å²) >= 11 is 0. The lowest BCUT2D eigenvalue weighted by Crippen LogP contribution is -2.50. The van der Waals surface area contributed by atoms with Crippen LogP contribution < -0.4 is 9.47 Å². The van der Waals surface area contributed by atoms with Crippen LogP contribution in [0.2, 0.25) is 0 Å². The van der Waals surface area contributed by atoms with Crippen LogP contribution >= 0.6 is 0 Å². The highest BCUT2D eigenvalue weighted by molar-refractivity contribution is 7.89. The van der Waals surface area contributed by atoms with Crippen molar-refractivity contribution >= 4 is 15.9 Å². The molecule has 144 valence electrons. The average molecular weight is 393 g/mol. The van der Waals surface area contributed by atoms with E-state index in [0.717, 1.165) is 0 Å². The van der Waals surface area contributed by atoms with E-state index in [1.165, 1.54) is 4.31 Å². The van der Waals surface area contributed by atoms with Crippen LogP contribution in [0.5, 0.6) is 11.5 Å². The first kappa shape index (κ1) is 17.8. The van der Waals surface area contributed by atoms with Crippen molar-refractivity contribution in [2.75, 3.05) is 33.0 Å². The fourth-order valence-electron chi connectivity index (χ4n) is 3.37. The number of aromatic nitrogens is 1. The number of rotatable bonds is 3. The Bertz CT molecular complexity index is 973. The molecule has 10 heteroatoms. The Labute approximate surface area is 156 Å². The van der Waals surface area contributed by atoms with Gasteiger partial charge in [0.2, 0.25) is 16.8 Å². The molecule has 2 aromatic rings. The Morgan fingerprint density at radius 3 is 2.52 bits per heavy atom. The second-order valence-corrected chi connectivity index (χ2v) is 8.26. The molecule has 2 aliphatic heterocycles. The van der Waals surface area contributed by atoms with Gasteiger partial charge in [-0.2, -0.15) is 4.31 Å². The summed E-state index contributed by atoms with van der Waals surface area (Å²) in [6, 6.07) is 5.16. The standard InChI is InChI=1S/C17H19N3O6S/c1-11-16(12(2)26-18-11)27(22,23)20-8-6-19(7-9-20)17(21)13-4-3-5-14-15(13)25-10-24-14/h3-5H,6-10H2,1-2H3. The molecule has 0 spiro atoms. The highest BCUT2D eigenvalue weighted by Gasteiger charge is 2.35. The highest BCUT2D eigenvalue weighted by atomic mass is 32.2. The molecule has 0 atom stereocenters. The Balaban J connectivity index is 1.50. The van der Waals surface area contributed by atoms with Crippen molar-refractivity contribution in [1.82, 2.24) is 14.4 Å². The van der Waals surface area contributed by atoms with Crippen molar-refractivity contribution in [2.24, 2.45) is 0 Å². The van der Waals surface area contributed by atoms with Gasteiger partial charge in [0.1, 0.15) is 10.6 Å². The maximum atomic E-state index is 12.9. The summed E-state index contributed by atoms with van der Waals surface area (Å²) < 4.78 is 42.8. The van der Waals surface area contributed by atoms with Crippen molar-refractivity contribution in [2.45, 2.75) is 18.7 Å². The van der Waals surface area contributed by atoms with Gasteiger partial charge in [-0.25, -0.2) is 8.42 Å².